The number of hydrogen-bond donors (Lipinski definition) is 0. The van der Waals surface area contributed by atoms with Gasteiger partial charge in [0, 0.05) is 18.5 Å². The maximum atomic E-state index is 11.4. The maximum Gasteiger partial charge on any atom is 0.247 e. The van der Waals surface area contributed by atoms with Gasteiger partial charge in [0.25, 0.3) is 0 Å². The molecule has 1 aromatic rings. The first-order valence-electron chi connectivity index (χ1n) is 3.47. The second-order valence-corrected chi connectivity index (χ2v) is 4.96. The molecule has 1 heterocycles. The van der Waals surface area contributed by atoms with Crippen molar-refractivity contribution < 1.29 is 8.42 Å². The zero-order valence-electron chi connectivity index (χ0n) is 6.85. The fraction of sp³-hybridized carbons (Fsp3) is 0.429. The summed E-state index contributed by atoms with van der Waals surface area (Å²) in [7, 11) is -3.32. The minimum Gasteiger partial charge on any atom is -0.226 e. The summed E-state index contributed by atoms with van der Waals surface area (Å²) in [5.74, 6) is 0. The number of aromatic nitrogens is 2. The molecular weight excluding hydrogens is 176 g/mol. The average Bonchev–Trinajstić information content (AvgIpc) is 2.06. The van der Waals surface area contributed by atoms with Gasteiger partial charge in [-0.1, -0.05) is 0 Å². The molecule has 5 heteroatoms. The lowest BCUT2D eigenvalue weighted by Gasteiger charge is -2.03. The quantitative estimate of drug-likeness (QED) is 0.628. The highest BCUT2D eigenvalue weighted by Crippen LogP contribution is 2.08. The van der Waals surface area contributed by atoms with Crippen molar-refractivity contribution in [3.05, 3.63) is 18.5 Å². The third-order valence-electron chi connectivity index (χ3n) is 1.37. The Morgan fingerprint density at radius 3 is 2.25 bits per heavy atom. The summed E-state index contributed by atoms with van der Waals surface area (Å²) in [6, 6.07) is 2.56. The summed E-state index contributed by atoms with van der Waals surface area (Å²) in [6.45, 7) is 3.19. The Labute approximate surface area is 71.6 Å². The summed E-state index contributed by atoms with van der Waals surface area (Å²) in [5, 5.41) is -0.615. The van der Waals surface area contributed by atoms with Crippen LogP contribution in [0.25, 0.3) is 0 Å². The van der Waals surface area contributed by atoms with E-state index in [4.69, 9.17) is 0 Å². The van der Waals surface area contributed by atoms with E-state index in [1.807, 2.05) is 0 Å². The lowest BCUT2D eigenvalue weighted by molar-refractivity contribution is 0.578. The van der Waals surface area contributed by atoms with Crippen molar-refractivity contribution in [2.24, 2.45) is 0 Å². The van der Waals surface area contributed by atoms with Crippen LogP contribution in [-0.4, -0.2) is 23.6 Å². The van der Waals surface area contributed by atoms with Gasteiger partial charge >= 0.3 is 0 Å². The molecule has 0 aliphatic heterocycles. The topological polar surface area (TPSA) is 59.9 Å². The molecule has 0 atom stereocenters. The van der Waals surface area contributed by atoms with E-state index in [2.05, 4.69) is 16.0 Å². The molecule has 0 aromatic carbocycles. The molecule has 1 rings (SSSR count). The van der Waals surface area contributed by atoms with E-state index in [0.29, 0.717) is 0 Å². The largest absolute Gasteiger partial charge is 0.247 e. The molecule has 0 bridgehead atoms. The Morgan fingerprint density at radius 2 is 1.83 bits per heavy atom. The number of sulfone groups is 1. The van der Waals surface area contributed by atoms with Crippen LogP contribution >= 0.6 is 0 Å². The van der Waals surface area contributed by atoms with Gasteiger partial charge in [0.05, 0.1) is 5.25 Å². The van der Waals surface area contributed by atoms with Gasteiger partial charge in [0.1, 0.15) is 0 Å². The van der Waals surface area contributed by atoms with Crippen molar-refractivity contribution in [1.29, 1.82) is 0 Å². The van der Waals surface area contributed by atoms with Gasteiger partial charge in [0.15, 0.2) is 0 Å². The first-order valence-corrected chi connectivity index (χ1v) is 5.02. The lowest BCUT2D eigenvalue weighted by atomic mass is 10.6. The zero-order valence-corrected chi connectivity index (χ0v) is 7.67. The van der Waals surface area contributed by atoms with Crippen LogP contribution in [0.15, 0.2) is 17.6 Å². The van der Waals surface area contributed by atoms with E-state index in [9.17, 15) is 8.42 Å². The smallest absolute Gasteiger partial charge is 0.226 e. The Hall–Kier alpha value is -0.970. The minimum atomic E-state index is -3.32. The van der Waals surface area contributed by atoms with Gasteiger partial charge < -0.3 is 0 Å². The molecule has 0 unspecified atom stereocenters. The molecule has 0 spiro atoms. The Balaban J connectivity index is 3.17. The molecule has 1 aromatic heterocycles. The van der Waals surface area contributed by atoms with E-state index in [1.54, 1.807) is 13.8 Å². The first kappa shape index (κ1) is 9.12. The molecule has 0 amide bonds. The van der Waals surface area contributed by atoms with Gasteiger partial charge in [-0.15, -0.1) is 0 Å². The summed E-state index contributed by atoms with van der Waals surface area (Å²) in [6.07, 6.45) is 2.59. The fourth-order valence-corrected chi connectivity index (χ4v) is 1.43. The SMILES string of the molecule is CC(C)S(=O)(=O)c1nc[c]cn1. The van der Waals surface area contributed by atoms with Crippen LogP contribution in [0.3, 0.4) is 0 Å². The molecule has 0 aliphatic rings. The van der Waals surface area contributed by atoms with Gasteiger partial charge in [-0.05, 0) is 13.8 Å². The number of hydrogen-bond acceptors (Lipinski definition) is 4. The van der Waals surface area contributed by atoms with E-state index < -0.39 is 15.1 Å². The molecule has 0 saturated heterocycles. The predicted octanol–water partition coefficient (Wildman–Crippen LogP) is 0.459. The third-order valence-corrected chi connectivity index (χ3v) is 3.34. The highest BCUT2D eigenvalue weighted by Gasteiger charge is 2.21. The average molecular weight is 185 g/mol. The lowest BCUT2D eigenvalue weighted by Crippen LogP contribution is -2.16. The maximum absolute atomic E-state index is 11.4. The third kappa shape index (κ3) is 1.61. The van der Waals surface area contributed by atoms with Gasteiger partial charge in [-0.25, -0.2) is 18.4 Å². The molecule has 4 nitrogen and oxygen atoms in total. The van der Waals surface area contributed by atoms with Crippen LogP contribution in [0.1, 0.15) is 13.8 Å². The molecule has 0 aliphatic carbocycles. The molecule has 65 valence electrons. The highest BCUT2D eigenvalue weighted by molar-refractivity contribution is 7.91. The standard InChI is InChI=1S/C7H9N2O2S/c1-6(2)12(10,11)7-8-4-3-5-9-7/h4-6H,1-2H3. The van der Waals surface area contributed by atoms with Crippen LogP contribution in [-0.2, 0) is 9.84 Å². The highest BCUT2D eigenvalue weighted by atomic mass is 32.2. The second kappa shape index (κ2) is 3.18. The number of rotatable bonds is 2. The summed E-state index contributed by atoms with van der Waals surface area (Å²) in [5.41, 5.74) is 0. The van der Waals surface area contributed by atoms with Crippen LogP contribution in [0.4, 0.5) is 0 Å². The van der Waals surface area contributed by atoms with Crippen molar-refractivity contribution in [2.45, 2.75) is 24.3 Å². The summed E-state index contributed by atoms with van der Waals surface area (Å²) in [4.78, 5) is 7.23. The van der Waals surface area contributed by atoms with Gasteiger partial charge in [-0.3, -0.25) is 0 Å². The number of nitrogens with zero attached hydrogens (tertiary/aromatic N) is 2. The Kier molecular flexibility index (Phi) is 2.42. The molecule has 1 radical (unpaired) electrons. The van der Waals surface area contributed by atoms with Crippen molar-refractivity contribution in [3.8, 4) is 0 Å². The van der Waals surface area contributed by atoms with E-state index >= 15 is 0 Å². The predicted molar refractivity (Wildman–Crippen MR) is 43.2 cm³/mol. The first-order chi connectivity index (χ1) is 5.55. The van der Waals surface area contributed by atoms with E-state index in [0.717, 1.165) is 0 Å². The van der Waals surface area contributed by atoms with Gasteiger partial charge in [0.2, 0.25) is 15.0 Å². The summed E-state index contributed by atoms with van der Waals surface area (Å²) >= 11 is 0. The van der Waals surface area contributed by atoms with Crippen molar-refractivity contribution in [2.75, 3.05) is 0 Å². The minimum absolute atomic E-state index is 0.128. The van der Waals surface area contributed by atoms with Crippen molar-refractivity contribution in [1.82, 2.24) is 9.97 Å². The van der Waals surface area contributed by atoms with Crippen LogP contribution in [0.5, 0.6) is 0 Å². The van der Waals surface area contributed by atoms with Crippen molar-refractivity contribution in [3.63, 3.8) is 0 Å². The monoisotopic (exact) mass is 185 g/mol. The molecule has 12 heavy (non-hydrogen) atoms. The zero-order chi connectivity index (χ0) is 9.19. The molecular formula is C7H9N2O2S. The van der Waals surface area contributed by atoms with Crippen molar-refractivity contribution >= 4 is 9.84 Å². The molecule has 0 fully saturated rings. The Morgan fingerprint density at radius 1 is 1.33 bits per heavy atom. The van der Waals surface area contributed by atoms with Gasteiger partial charge in [-0.2, -0.15) is 0 Å². The van der Waals surface area contributed by atoms with Crippen LogP contribution in [0, 0.1) is 6.07 Å². The normalized spacial score (nSPS) is 11.9. The summed E-state index contributed by atoms with van der Waals surface area (Å²) < 4.78 is 22.8. The molecule has 0 saturated carbocycles. The fourth-order valence-electron chi connectivity index (χ4n) is 0.609. The van der Waals surface area contributed by atoms with E-state index in [1.165, 1.54) is 12.4 Å². The van der Waals surface area contributed by atoms with Crippen LogP contribution < -0.4 is 0 Å². The van der Waals surface area contributed by atoms with E-state index in [-0.39, 0.29) is 5.16 Å². The molecule has 0 N–H and O–H groups in total. The second-order valence-electron chi connectivity index (χ2n) is 2.56. The Bertz CT molecular complexity index is 345. The van der Waals surface area contributed by atoms with Crippen LogP contribution in [0.2, 0.25) is 0 Å².